The van der Waals surface area contributed by atoms with Crippen molar-refractivity contribution in [1.82, 2.24) is 9.78 Å². The maximum absolute atomic E-state index is 11.3. The Balaban J connectivity index is 2.27. The number of anilines is 1. The van der Waals surface area contributed by atoms with Crippen molar-refractivity contribution in [2.45, 2.75) is 19.3 Å². The maximum atomic E-state index is 11.3. The van der Waals surface area contributed by atoms with E-state index in [1.165, 1.54) is 0 Å². The fourth-order valence-corrected chi connectivity index (χ4v) is 1.08. The molecule has 2 N–H and O–H groups in total. The minimum atomic E-state index is -0.0582. The average molecular weight is 197 g/mol. The molecular weight excluding hydrogens is 182 g/mol. The largest absolute Gasteiger partial charge is 0.396 e. The molecule has 1 amide bonds. The van der Waals surface area contributed by atoms with Crippen molar-refractivity contribution in [2.24, 2.45) is 7.05 Å². The summed E-state index contributed by atoms with van der Waals surface area (Å²) in [5, 5.41) is 15.2. The second-order valence-electron chi connectivity index (χ2n) is 3.10. The summed E-state index contributed by atoms with van der Waals surface area (Å²) in [6, 6.07) is 1.74. The highest BCUT2D eigenvalue weighted by Crippen LogP contribution is 2.03. The van der Waals surface area contributed by atoms with E-state index in [1.807, 2.05) is 0 Å². The summed E-state index contributed by atoms with van der Waals surface area (Å²) in [6.07, 6.45) is 3.56. The molecule has 78 valence electrons. The Morgan fingerprint density at radius 2 is 2.43 bits per heavy atom. The molecule has 0 spiro atoms. The van der Waals surface area contributed by atoms with E-state index in [4.69, 9.17) is 5.11 Å². The molecule has 0 radical (unpaired) electrons. The first-order chi connectivity index (χ1) is 6.72. The quantitative estimate of drug-likeness (QED) is 0.676. The van der Waals surface area contributed by atoms with Crippen LogP contribution in [0.25, 0.3) is 0 Å². The number of carbonyl (C=O) groups excluding carboxylic acids is 1. The molecule has 0 aliphatic rings. The zero-order valence-corrected chi connectivity index (χ0v) is 8.23. The first-order valence-corrected chi connectivity index (χ1v) is 4.62. The predicted octanol–water partition coefficient (Wildman–Crippen LogP) is 0.521. The number of rotatable bonds is 5. The first-order valence-electron chi connectivity index (χ1n) is 4.62. The molecule has 5 heteroatoms. The number of hydrogen-bond acceptors (Lipinski definition) is 3. The van der Waals surface area contributed by atoms with Gasteiger partial charge >= 0.3 is 0 Å². The molecule has 1 rings (SSSR count). The molecule has 0 aliphatic carbocycles. The molecule has 0 unspecified atom stereocenters. The Labute approximate surface area is 82.7 Å². The highest BCUT2D eigenvalue weighted by Gasteiger charge is 2.03. The molecule has 0 aromatic carbocycles. The van der Waals surface area contributed by atoms with Gasteiger partial charge in [-0.15, -0.1) is 0 Å². The summed E-state index contributed by atoms with van der Waals surface area (Å²) in [5.41, 5.74) is 0. The number of hydrogen-bond donors (Lipinski definition) is 2. The Morgan fingerprint density at radius 3 is 3.00 bits per heavy atom. The number of aryl methyl sites for hydroxylation is 1. The van der Waals surface area contributed by atoms with E-state index in [0.29, 0.717) is 25.1 Å². The van der Waals surface area contributed by atoms with Crippen molar-refractivity contribution in [3.63, 3.8) is 0 Å². The van der Waals surface area contributed by atoms with Crippen LogP contribution < -0.4 is 5.32 Å². The van der Waals surface area contributed by atoms with Crippen LogP contribution in [0, 0.1) is 0 Å². The average Bonchev–Trinajstić information content (AvgIpc) is 2.52. The van der Waals surface area contributed by atoms with Crippen molar-refractivity contribution in [3.8, 4) is 0 Å². The number of carbonyl (C=O) groups is 1. The summed E-state index contributed by atoms with van der Waals surface area (Å²) < 4.78 is 1.63. The smallest absolute Gasteiger partial charge is 0.225 e. The molecular formula is C9H15N3O2. The lowest BCUT2D eigenvalue weighted by Crippen LogP contribution is -2.11. The fourth-order valence-electron chi connectivity index (χ4n) is 1.08. The van der Waals surface area contributed by atoms with Gasteiger partial charge in [-0.3, -0.25) is 9.48 Å². The van der Waals surface area contributed by atoms with E-state index < -0.39 is 0 Å². The third-order valence-electron chi connectivity index (χ3n) is 1.79. The fraction of sp³-hybridized carbons (Fsp3) is 0.556. The number of unbranched alkanes of at least 4 members (excludes halogenated alkanes) is 1. The summed E-state index contributed by atoms with van der Waals surface area (Å²) in [7, 11) is 1.79. The van der Waals surface area contributed by atoms with Crippen LogP contribution in [0.4, 0.5) is 5.82 Å². The molecule has 0 atom stereocenters. The van der Waals surface area contributed by atoms with Crippen LogP contribution in [-0.2, 0) is 11.8 Å². The summed E-state index contributed by atoms with van der Waals surface area (Å²) in [5.74, 6) is 0.513. The molecule has 14 heavy (non-hydrogen) atoms. The molecule has 0 bridgehead atoms. The predicted molar refractivity (Wildman–Crippen MR) is 52.8 cm³/mol. The first kappa shape index (κ1) is 10.7. The van der Waals surface area contributed by atoms with Gasteiger partial charge in [0.1, 0.15) is 0 Å². The third-order valence-corrected chi connectivity index (χ3v) is 1.79. The van der Waals surface area contributed by atoms with Crippen LogP contribution in [0.15, 0.2) is 12.3 Å². The lowest BCUT2D eigenvalue weighted by atomic mass is 10.2. The van der Waals surface area contributed by atoms with Crippen LogP contribution >= 0.6 is 0 Å². The summed E-state index contributed by atoms with van der Waals surface area (Å²) in [6.45, 7) is 0.136. The van der Waals surface area contributed by atoms with Crippen molar-refractivity contribution in [1.29, 1.82) is 0 Å². The van der Waals surface area contributed by atoms with Gasteiger partial charge in [0.05, 0.1) is 0 Å². The van der Waals surface area contributed by atoms with E-state index in [9.17, 15) is 4.79 Å². The Bertz CT molecular complexity index is 296. The van der Waals surface area contributed by atoms with Crippen LogP contribution in [0.1, 0.15) is 19.3 Å². The molecule has 0 fully saturated rings. The van der Waals surface area contributed by atoms with E-state index >= 15 is 0 Å². The van der Waals surface area contributed by atoms with Crippen molar-refractivity contribution < 1.29 is 9.90 Å². The topological polar surface area (TPSA) is 67.2 Å². The van der Waals surface area contributed by atoms with Crippen LogP contribution in [-0.4, -0.2) is 27.4 Å². The van der Waals surface area contributed by atoms with Gasteiger partial charge in [0, 0.05) is 32.3 Å². The number of aliphatic hydroxyl groups excluding tert-OH is 1. The van der Waals surface area contributed by atoms with Crippen molar-refractivity contribution in [3.05, 3.63) is 12.3 Å². The molecule has 0 saturated carbocycles. The maximum Gasteiger partial charge on any atom is 0.225 e. The second kappa shape index (κ2) is 5.39. The van der Waals surface area contributed by atoms with E-state index in [2.05, 4.69) is 10.4 Å². The summed E-state index contributed by atoms with van der Waals surface area (Å²) in [4.78, 5) is 11.3. The standard InChI is InChI=1S/C9H15N3O2/c1-12-6-5-8(11-12)10-9(14)4-2-3-7-13/h5-6,13H,2-4,7H2,1H3,(H,10,11,14). The van der Waals surface area contributed by atoms with Gasteiger partial charge in [-0.25, -0.2) is 0 Å². The number of nitrogens with one attached hydrogen (secondary N) is 1. The van der Waals surface area contributed by atoms with Crippen molar-refractivity contribution in [2.75, 3.05) is 11.9 Å². The van der Waals surface area contributed by atoms with Gasteiger partial charge in [0.2, 0.25) is 5.91 Å². The second-order valence-corrected chi connectivity index (χ2v) is 3.10. The monoisotopic (exact) mass is 197 g/mol. The zero-order chi connectivity index (χ0) is 10.4. The number of nitrogens with zero attached hydrogens (tertiary/aromatic N) is 2. The molecule has 5 nitrogen and oxygen atoms in total. The number of amides is 1. The number of aromatic nitrogens is 2. The van der Waals surface area contributed by atoms with Gasteiger partial charge in [0.15, 0.2) is 5.82 Å². The Kier molecular flexibility index (Phi) is 4.12. The Morgan fingerprint density at radius 1 is 1.64 bits per heavy atom. The lowest BCUT2D eigenvalue weighted by molar-refractivity contribution is -0.116. The van der Waals surface area contributed by atoms with Gasteiger partial charge < -0.3 is 10.4 Å². The third kappa shape index (κ3) is 3.57. The van der Waals surface area contributed by atoms with E-state index in [-0.39, 0.29) is 12.5 Å². The minimum absolute atomic E-state index is 0.0582. The molecule has 1 heterocycles. The lowest BCUT2D eigenvalue weighted by Gasteiger charge is -2.00. The van der Waals surface area contributed by atoms with E-state index in [1.54, 1.807) is 24.0 Å². The highest BCUT2D eigenvalue weighted by molar-refractivity contribution is 5.89. The van der Waals surface area contributed by atoms with Gasteiger partial charge in [-0.1, -0.05) is 0 Å². The normalized spacial score (nSPS) is 10.1. The van der Waals surface area contributed by atoms with Crippen LogP contribution in [0.3, 0.4) is 0 Å². The Hall–Kier alpha value is -1.36. The number of aliphatic hydroxyl groups is 1. The highest BCUT2D eigenvalue weighted by atomic mass is 16.2. The van der Waals surface area contributed by atoms with Gasteiger partial charge in [-0.2, -0.15) is 5.10 Å². The van der Waals surface area contributed by atoms with E-state index in [0.717, 1.165) is 0 Å². The zero-order valence-electron chi connectivity index (χ0n) is 8.23. The van der Waals surface area contributed by atoms with Crippen LogP contribution in [0.2, 0.25) is 0 Å². The van der Waals surface area contributed by atoms with Crippen molar-refractivity contribution >= 4 is 11.7 Å². The minimum Gasteiger partial charge on any atom is -0.396 e. The SMILES string of the molecule is Cn1ccc(NC(=O)CCCCO)n1. The molecule has 1 aromatic rings. The van der Waals surface area contributed by atoms with Crippen LogP contribution in [0.5, 0.6) is 0 Å². The van der Waals surface area contributed by atoms with Gasteiger partial charge in [0.25, 0.3) is 0 Å². The molecule has 1 aromatic heterocycles. The molecule has 0 aliphatic heterocycles. The van der Waals surface area contributed by atoms with Gasteiger partial charge in [-0.05, 0) is 12.8 Å². The summed E-state index contributed by atoms with van der Waals surface area (Å²) >= 11 is 0. The molecule has 0 saturated heterocycles.